The lowest BCUT2D eigenvalue weighted by atomic mass is 9.99. The minimum absolute atomic E-state index is 0.0354. The molecule has 0 aliphatic carbocycles. The van der Waals surface area contributed by atoms with Gasteiger partial charge in [0.1, 0.15) is 10.9 Å². The fourth-order valence-corrected chi connectivity index (χ4v) is 4.67. The third-order valence-corrected chi connectivity index (χ3v) is 6.31. The highest BCUT2D eigenvalue weighted by Gasteiger charge is 2.35. The fourth-order valence-electron chi connectivity index (χ4n) is 3.47. The van der Waals surface area contributed by atoms with Crippen molar-refractivity contribution in [3.05, 3.63) is 53.0 Å². The normalized spacial score (nSPS) is 21.9. The number of likely N-dealkylation sites (tertiary alicyclic amines) is 1. The van der Waals surface area contributed by atoms with Crippen LogP contribution < -0.4 is 0 Å². The third kappa shape index (κ3) is 5.10. The molecule has 5 nitrogen and oxygen atoms in total. The van der Waals surface area contributed by atoms with Gasteiger partial charge in [-0.2, -0.15) is 0 Å². The topological polar surface area (TPSA) is 60.9 Å². The number of carbonyl (C=O) groups is 2. The largest absolute Gasteiger partial charge is 0.396 e. The summed E-state index contributed by atoms with van der Waals surface area (Å²) in [7, 11) is 0. The Morgan fingerprint density at radius 1 is 1.29 bits per heavy atom. The number of nitrogens with zero attached hydrogens (tertiary/aromatic N) is 2. The maximum atomic E-state index is 12.8. The van der Waals surface area contributed by atoms with Crippen LogP contribution in [0.1, 0.15) is 31.2 Å². The van der Waals surface area contributed by atoms with Crippen LogP contribution >= 0.6 is 24.0 Å². The van der Waals surface area contributed by atoms with E-state index in [0.29, 0.717) is 22.2 Å². The molecular formula is C21H24N2O3S2. The molecular weight excluding hydrogens is 392 g/mol. The number of piperidine rings is 1. The molecule has 0 spiro atoms. The van der Waals surface area contributed by atoms with E-state index in [2.05, 4.69) is 0 Å². The molecule has 1 aromatic rings. The van der Waals surface area contributed by atoms with Crippen LogP contribution in [0.25, 0.3) is 6.08 Å². The first-order chi connectivity index (χ1) is 13.6. The zero-order valence-corrected chi connectivity index (χ0v) is 17.3. The molecule has 0 aromatic heterocycles. The van der Waals surface area contributed by atoms with E-state index in [4.69, 9.17) is 12.2 Å². The first-order valence-corrected chi connectivity index (χ1v) is 10.7. The molecule has 3 rings (SSSR count). The van der Waals surface area contributed by atoms with Crippen LogP contribution in [-0.2, 0) is 9.59 Å². The lowest BCUT2D eigenvalue weighted by Crippen LogP contribution is -2.49. The second kappa shape index (κ2) is 10.0. The summed E-state index contributed by atoms with van der Waals surface area (Å²) < 4.78 is 0.411. The van der Waals surface area contributed by atoms with E-state index in [1.54, 1.807) is 11.0 Å². The van der Waals surface area contributed by atoms with Crippen LogP contribution in [0.4, 0.5) is 0 Å². The number of aliphatic hydroxyl groups excluding tert-OH is 1. The minimum atomic E-state index is -0.225. The van der Waals surface area contributed by atoms with Crippen LogP contribution in [0.15, 0.2) is 47.4 Å². The van der Waals surface area contributed by atoms with E-state index >= 15 is 0 Å². The summed E-state index contributed by atoms with van der Waals surface area (Å²) in [4.78, 5) is 29.2. The van der Waals surface area contributed by atoms with Crippen molar-refractivity contribution in [3.63, 3.8) is 0 Å². The highest BCUT2D eigenvalue weighted by Crippen LogP contribution is 2.31. The highest BCUT2D eigenvalue weighted by atomic mass is 32.2. The molecule has 2 amide bonds. The SMILES string of the molecule is O=C1C(=CC=Cc2ccccc2)SC(=S)N1CC(=O)N1CCCCC1CCO. The van der Waals surface area contributed by atoms with Gasteiger partial charge in [-0.25, -0.2) is 0 Å². The second-order valence-corrected chi connectivity index (χ2v) is 8.48. The molecule has 2 fully saturated rings. The van der Waals surface area contributed by atoms with Crippen molar-refractivity contribution >= 4 is 46.2 Å². The van der Waals surface area contributed by atoms with Crippen LogP contribution in [0, 0.1) is 0 Å². The molecule has 0 bridgehead atoms. The number of aliphatic hydroxyl groups is 1. The Labute approximate surface area is 175 Å². The predicted molar refractivity (Wildman–Crippen MR) is 117 cm³/mol. The van der Waals surface area contributed by atoms with Crippen molar-refractivity contribution in [1.82, 2.24) is 9.80 Å². The molecule has 1 atom stereocenters. The van der Waals surface area contributed by atoms with Gasteiger partial charge in [-0.1, -0.05) is 66.5 Å². The number of thiocarbonyl (C=S) groups is 1. The molecule has 0 radical (unpaired) electrons. The number of thioether (sulfide) groups is 1. The molecule has 148 valence electrons. The maximum absolute atomic E-state index is 12.8. The summed E-state index contributed by atoms with van der Waals surface area (Å²) in [6.45, 7) is 0.701. The number of amides is 2. The molecule has 2 aliphatic rings. The molecule has 1 N–H and O–H groups in total. The van der Waals surface area contributed by atoms with Gasteiger partial charge in [-0.3, -0.25) is 14.5 Å². The van der Waals surface area contributed by atoms with Crippen molar-refractivity contribution in [2.45, 2.75) is 31.7 Å². The molecule has 1 aromatic carbocycles. The van der Waals surface area contributed by atoms with E-state index in [1.807, 2.05) is 42.5 Å². The monoisotopic (exact) mass is 416 g/mol. The fraction of sp³-hybridized carbons (Fsp3) is 0.381. The Balaban J connectivity index is 1.64. The van der Waals surface area contributed by atoms with E-state index in [0.717, 1.165) is 24.8 Å². The number of allylic oxidation sites excluding steroid dienone is 2. The quantitative estimate of drug-likeness (QED) is 0.570. The lowest BCUT2D eigenvalue weighted by molar-refractivity contribution is -0.138. The number of carbonyl (C=O) groups excluding carboxylic acids is 2. The first-order valence-electron chi connectivity index (χ1n) is 9.47. The zero-order chi connectivity index (χ0) is 19.9. The summed E-state index contributed by atoms with van der Waals surface area (Å²) in [6.07, 6.45) is 8.98. The lowest BCUT2D eigenvalue weighted by Gasteiger charge is -2.36. The molecule has 7 heteroatoms. The molecule has 1 unspecified atom stereocenters. The molecule has 2 saturated heterocycles. The van der Waals surface area contributed by atoms with Crippen LogP contribution in [0.3, 0.4) is 0 Å². The van der Waals surface area contributed by atoms with Gasteiger partial charge in [0.2, 0.25) is 5.91 Å². The van der Waals surface area contributed by atoms with Gasteiger partial charge in [0.15, 0.2) is 0 Å². The summed E-state index contributed by atoms with van der Waals surface area (Å²) >= 11 is 6.55. The van der Waals surface area contributed by atoms with Gasteiger partial charge in [0.05, 0.1) is 4.91 Å². The van der Waals surface area contributed by atoms with Crippen molar-refractivity contribution in [2.75, 3.05) is 19.7 Å². The molecule has 2 aliphatic heterocycles. The Morgan fingerprint density at radius 3 is 2.82 bits per heavy atom. The van der Waals surface area contributed by atoms with E-state index in [1.165, 1.54) is 16.7 Å². The first kappa shape index (κ1) is 20.8. The Morgan fingerprint density at radius 2 is 2.07 bits per heavy atom. The highest BCUT2D eigenvalue weighted by molar-refractivity contribution is 8.26. The van der Waals surface area contributed by atoms with Crippen molar-refractivity contribution in [1.29, 1.82) is 0 Å². The number of benzene rings is 1. The molecule has 0 saturated carbocycles. The molecule has 28 heavy (non-hydrogen) atoms. The van der Waals surface area contributed by atoms with Crippen LogP contribution in [-0.4, -0.2) is 56.8 Å². The summed E-state index contributed by atoms with van der Waals surface area (Å²) in [5, 5.41) is 9.25. The summed E-state index contributed by atoms with van der Waals surface area (Å²) in [5.74, 6) is -0.327. The smallest absolute Gasteiger partial charge is 0.266 e. The zero-order valence-electron chi connectivity index (χ0n) is 15.6. The standard InChI is InChI=1S/C21H24N2O3S2/c24-14-12-17-10-4-5-13-22(17)19(25)15-23-20(26)18(28-21(23)27)11-6-9-16-7-2-1-3-8-16/h1-3,6-9,11,17,24H,4-5,10,12-15H2. The summed E-state index contributed by atoms with van der Waals surface area (Å²) in [5.41, 5.74) is 1.05. The van der Waals surface area contributed by atoms with Crippen molar-refractivity contribution < 1.29 is 14.7 Å². The Bertz CT molecular complexity index is 790. The predicted octanol–water partition coefficient (Wildman–Crippen LogP) is 3.21. The molecule has 2 heterocycles. The van der Waals surface area contributed by atoms with Gasteiger partial charge < -0.3 is 10.0 Å². The summed E-state index contributed by atoms with van der Waals surface area (Å²) in [6, 6.07) is 9.87. The van der Waals surface area contributed by atoms with Crippen LogP contribution in [0.2, 0.25) is 0 Å². The van der Waals surface area contributed by atoms with Crippen LogP contribution in [0.5, 0.6) is 0 Å². The second-order valence-electron chi connectivity index (χ2n) is 6.81. The van der Waals surface area contributed by atoms with Gasteiger partial charge in [-0.15, -0.1) is 0 Å². The van der Waals surface area contributed by atoms with Crippen molar-refractivity contribution in [3.8, 4) is 0 Å². The number of hydrogen-bond donors (Lipinski definition) is 1. The minimum Gasteiger partial charge on any atom is -0.396 e. The number of hydrogen-bond acceptors (Lipinski definition) is 5. The van der Waals surface area contributed by atoms with Gasteiger partial charge in [0, 0.05) is 19.2 Å². The van der Waals surface area contributed by atoms with Crippen molar-refractivity contribution in [2.24, 2.45) is 0 Å². The Kier molecular flexibility index (Phi) is 7.42. The van der Waals surface area contributed by atoms with E-state index in [-0.39, 0.29) is 31.0 Å². The van der Waals surface area contributed by atoms with Gasteiger partial charge >= 0.3 is 0 Å². The third-order valence-electron chi connectivity index (χ3n) is 4.91. The number of rotatable bonds is 6. The Hall–Kier alpha value is -1.96. The maximum Gasteiger partial charge on any atom is 0.266 e. The van der Waals surface area contributed by atoms with E-state index in [9.17, 15) is 14.7 Å². The average Bonchev–Trinajstić information content (AvgIpc) is 2.97. The van der Waals surface area contributed by atoms with Gasteiger partial charge in [-0.05, 0) is 37.3 Å². The van der Waals surface area contributed by atoms with E-state index < -0.39 is 0 Å². The van der Waals surface area contributed by atoms with Gasteiger partial charge in [0.25, 0.3) is 5.91 Å². The average molecular weight is 417 g/mol.